The normalized spacial score (nSPS) is 17.5. The molecule has 1 unspecified atom stereocenters. The fraction of sp³-hybridized carbons (Fsp3) is 0.625. The van der Waals surface area contributed by atoms with Crippen LogP contribution in [0.15, 0.2) is 24.3 Å². The second kappa shape index (κ2) is 7.04. The van der Waals surface area contributed by atoms with Crippen LogP contribution in [0.25, 0.3) is 0 Å². The van der Waals surface area contributed by atoms with Gasteiger partial charge in [-0.05, 0) is 36.4 Å². The Morgan fingerprint density at radius 2 is 2.00 bits per heavy atom. The van der Waals surface area contributed by atoms with Crippen LogP contribution in [-0.2, 0) is 6.54 Å². The quantitative estimate of drug-likeness (QED) is 0.792. The first kappa shape index (κ1) is 14.5. The van der Waals surface area contributed by atoms with E-state index in [-0.39, 0.29) is 0 Å². The van der Waals surface area contributed by atoms with Gasteiger partial charge in [-0.3, -0.25) is 0 Å². The van der Waals surface area contributed by atoms with Gasteiger partial charge in [0.2, 0.25) is 0 Å². The second-order valence-corrected chi connectivity index (χ2v) is 5.61. The highest BCUT2D eigenvalue weighted by atomic mass is 16.3. The number of aliphatic hydroxyl groups is 1. The van der Waals surface area contributed by atoms with Crippen LogP contribution in [0, 0.1) is 5.92 Å². The molecule has 3 nitrogen and oxygen atoms in total. The summed E-state index contributed by atoms with van der Waals surface area (Å²) in [5.74, 6) is 0.853. The molecule has 0 spiro atoms. The Kier molecular flexibility index (Phi) is 5.37. The van der Waals surface area contributed by atoms with Crippen molar-refractivity contribution in [3.63, 3.8) is 0 Å². The van der Waals surface area contributed by atoms with Gasteiger partial charge in [0.25, 0.3) is 0 Å². The van der Waals surface area contributed by atoms with E-state index in [1.807, 2.05) is 24.3 Å². The Morgan fingerprint density at radius 3 is 2.47 bits per heavy atom. The lowest BCUT2D eigenvalue weighted by atomic mass is 9.85. The molecule has 1 saturated carbocycles. The summed E-state index contributed by atoms with van der Waals surface area (Å²) in [6, 6.07) is 7.98. The third-order valence-corrected chi connectivity index (χ3v) is 4.22. The summed E-state index contributed by atoms with van der Waals surface area (Å²) in [7, 11) is 0. The van der Waals surface area contributed by atoms with E-state index < -0.39 is 6.10 Å². The predicted molar refractivity (Wildman–Crippen MR) is 78.7 cm³/mol. The van der Waals surface area contributed by atoms with Gasteiger partial charge in [-0.15, -0.1) is 0 Å². The maximum absolute atomic E-state index is 10.3. The molecule has 19 heavy (non-hydrogen) atoms. The van der Waals surface area contributed by atoms with Crippen LogP contribution in [0.1, 0.15) is 43.4 Å². The number of rotatable bonds is 7. The molecule has 0 aliphatic heterocycles. The molecule has 106 valence electrons. The highest BCUT2D eigenvalue weighted by molar-refractivity contribution is 5.24. The second-order valence-electron chi connectivity index (χ2n) is 5.61. The van der Waals surface area contributed by atoms with Crippen LogP contribution >= 0.6 is 0 Å². The summed E-state index contributed by atoms with van der Waals surface area (Å²) in [5, 5.41) is 10.3. The Balaban J connectivity index is 1.87. The topological polar surface area (TPSA) is 49.5 Å². The van der Waals surface area contributed by atoms with Gasteiger partial charge in [0.1, 0.15) is 0 Å². The monoisotopic (exact) mass is 262 g/mol. The van der Waals surface area contributed by atoms with Crippen LogP contribution in [0.3, 0.4) is 0 Å². The van der Waals surface area contributed by atoms with Gasteiger partial charge >= 0.3 is 0 Å². The maximum Gasteiger partial charge on any atom is 0.0916 e. The van der Waals surface area contributed by atoms with E-state index in [2.05, 4.69) is 11.8 Å². The average molecular weight is 262 g/mol. The molecular weight excluding hydrogens is 236 g/mol. The lowest BCUT2D eigenvalue weighted by molar-refractivity contribution is 0.0941. The molecule has 1 aliphatic rings. The van der Waals surface area contributed by atoms with Crippen molar-refractivity contribution in [3.05, 3.63) is 35.4 Å². The molecule has 1 aromatic rings. The van der Waals surface area contributed by atoms with Gasteiger partial charge in [-0.25, -0.2) is 0 Å². The van der Waals surface area contributed by atoms with Crippen molar-refractivity contribution in [1.29, 1.82) is 0 Å². The van der Waals surface area contributed by atoms with E-state index in [4.69, 9.17) is 5.73 Å². The summed E-state index contributed by atoms with van der Waals surface area (Å²) in [4.78, 5) is 2.37. The summed E-state index contributed by atoms with van der Waals surface area (Å²) >= 11 is 0. The van der Waals surface area contributed by atoms with Gasteiger partial charge in [0.05, 0.1) is 6.10 Å². The van der Waals surface area contributed by atoms with Crippen LogP contribution in [0.4, 0.5) is 0 Å². The Hall–Kier alpha value is -0.900. The van der Waals surface area contributed by atoms with Crippen LogP contribution in [0.2, 0.25) is 0 Å². The van der Waals surface area contributed by atoms with Gasteiger partial charge in [-0.2, -0.15) is 0 Å². The predicted octanol–water partition coefficient (Wildman–Crippen LogP) is 2.30. The number of likely N-dealkylation sites (N-methyl/N-ethyl adjacent to an activating group) is 1. The molecule has 3 N–H and O–H groups in total. The zero-order valence-electron chi connectivity index (χ0n) is 11.9. The van der Waals surface area contributed by atoms with Crippen LogP contribution < -0.4 is 5.73 Å². The average Bonchev–Trinajstić information content (AvgIpc) is 2.41. The molecule has 0 radical (unpaired) electrons. The van der Waals surface area contributed by atoms with Gasteiger partial charge < -0.3 is 15.7 Å². The van der Waals surface area contributed by atoms with E-state index in [0.717, 1.165) is 36.7 Å². The van der Waals surface area contributed by atoms with E-state index in [9.17, 15) is 5.11 Å². The molecule has 0 heterocycles. The van der Waals surface area contributed by atoms with Gasteiger partial charge in [0.15, 0.2) is 0 Å². The molecule has 0 amide bonds. The minimum Gasteiger partial charge on any atom is -0.387 e. The lowest BCUT2D eigenvalue weighted by Crippen LogP contribution is -2.35. The largest absolute Gasteiger partial charge is 0.387 e. The number of nitrogens with two attached hydrogens (primary N) is 1. The standard InChI is InChI=1S/C16H26N2O/c1-2-18(11-14-4-3-5-14)12-16(19)15-8-6-13(10-17)7-9-15/h6-9,14,16,19H,2-5,10-12,17H2,1H3. The molecule has 2 rings (SSSR count). The van der Waals surface area contributed by atoms with E-state index in [1.54, 1.807) is 0 Å². The Bertz CT molecular complexity index is 373. The molecule has 1 aliphatic carbocycles. The van der Waals surface area contributed by atoms with Crippen molar-refractivity contribution in [2.24, 2.45) is 11.7 Å². The van der Waals surface area contributed by atoms with Crippen molar-refractivity contribution >= 4 is 0 Å². The third kappa shape index (κ3) is 4.03. The van der Waals surface area contributed by atoms with Crippen molar-refractivity contribution in [2.45, 2.75) is 38.8 Å². The number of aliphatic hydroxyl groups excluding tert-OH is 1. The fourth-order valence-corrected chi connectivity index (χ4v) is 2.60. The van der Waals surface area contributed by atoms with Crippen molar-refractivity contribution in [3.8, 4) is 0 Å². The maximum atomic E-state index is 10.3. The molecule has 1 aromatic carbocycles. The van der Waals surface area contributed by atoms with E-state index >= 15 is 0 Å². The number of benzene rings is 1. The first-order chi connectivity index (χ1) is 9.22. The summed E-state index contributed by atoms with van der Waals surface area (Å²) in [6.07, 6.45) is 3.70. The highest BCUT2D eigenvalue weighted by Gasteiger charge is 2.21. The Labute approximate surface area is 116 Å². The van der Waals surface area contributed by atoms with Gasteiger partial charge in [-0.1, -0.05) is 37.6 Å². The number of hydrogen-bond acceptors (Lipinski definition) is 3. The van der Waals surface area contributed by atoms with Crippen molar-refractivity contribution in [2.75, 3.05) is 19.6 Å². The first-order valence-electron chi connectivity index (χ1n) is 7.42. The molecule has 0 aromatic heterocycles. The molecular formula is C16H26N2O. The van der Waals surface area contributed by atoms with Gasteiger partial charge in [0, 0.05) is 19.6 Å². The van der Waals surface area contributed by atoms with E-state index in [1.165, 1.54) is 19.3 Å². The van der Waals surface area contributed by atoms with Crippen molar-refractivity contribution in [1.82, 2.24) is 4.90 Å². The molecule has 0 saturated heterocycles. The molecule has 3 heteroatoms. The van der Waals surface area contributed by atoms with Crippen LogP contribution in [-0.4, -0.2) is 29.6 Å². The number of hydrogen-bond donors (Lipinski definition) is 2. The minimum atomic E-state index is -0.396. The summed E-state index contributed by atoms with van der Waals surface area (Å²) in [6.45, 7) is 5.60. The molecule has 1 fully saturated rings. The lowest BCUT2D eigenvalue weighted by Gasteiger charge is -2.32. The fourth-order valence-electron chi connectivity index (χ4n) is 2.60. The zero-order valence-corrected chi connectivity index (χ0v) is 11.9. The third-order valence-electron chi connectivity index (χ3n) is 4.22. The SMILES string of the molecule is CCN(CC1CCC1)CC(O)c1ccc(CN)cc1. The Morgan fingerprint density at radius 1 is 1.32 bits per heavy atom. The zero-order chi connectivity index (χ0) is 13.7. The minimum absolute atomic E-state index is 0.396. The number of nitrogens with zero attached hydrogens (tertiary/aromatic N) is 1. The summed E-state index contributed by atoms with van der Waals surface area (Å²) < 4.78 is 0. The summed E-state index contributed by atoms with van der Waals surface area (Å²) in [5.41, 5.74) is 7.68. The van der Waals surface area contributed by atoms with Crippen molar-refractivity contribution < 1.29 is 5.11 Å². The van der Waals surface area contributed by atoms with E-state index in [0.29, 0.717) is 6.54 Å². The molecule has 0 bridgehead atoms. The molecule has 1 atom stereocenters. The highest BCUT2D eigenvalue weighted by Crippen LogP contribution is 2.27. The first-order valence-corrected chi connectivity index (χ1v) is 7.42. The van der Waals surface area contributed by atoms with Crippen LogP contribution in [0.5, 0.6) is 0 Å². The smallest absolute Gasteiger partial charge is 0.0916 e.